The van der Waals surface area contributed by atoms with E-state index in [-0.39, 0.29) is 11.8 Å². The van der Waals surface area contributed by atoms with Crippen molar-refractivity contribution in [1.29, 1.82) is 0 Å². The molecule has 0 saturated carbocycles. The molecular weight excluding hydrogens is 294 g/mol. The van der Waals surface area contributed by atoms with Crippen molar-refractivity contribution in [2.75, 3.05) is 18.5 Å². The summed E-state index contributed by atoms with van der Waals surface area (Å²) in [6.07, 6.45) is 3.35. The van der Waals surface area contributed by atoms with Gasteiger partial charge in [0.05, 0.1) is 12.2 Å². The molecule has 2 aromatic rings. The first-order valence-electron chi connectivity index (χ1n) is 7.80. The zero-order valence-electron chi connectivity index (χ0n) is 13.1. The van der Waals surface area contributed by atoms with Gasteiger partial charge in [0.2, 0.25) is 5.91 Å². The number of nitrogens with zero attached hydrogens (tertiary/aromatic N) is 1. The van der Waals surface area contributed by atoms with Crippen molar-refractivity contribution in [3.05, 3.63) is 36.4 Å². The summed E-state index contributed by atoms with van der Waals surface area (Å²) in [7, 11) is 0. The van der Waals surface area contributed by atoms with E-state index in [1.807, 2.05) is 24.3 Å². The van der Waals surface area contributed by atoms with Gasteiger partial charge in [0, 0.05) is 31.4 Å². The van der Waals surface area contributed by atoms with E-state index in [1.165, 1.54) is 0 Å². The molecule has 1 atom stereocenters. The Morgan fingerprint density at radius 2 is 2.00 bits per heavy atom. The van der Waals surface area contributed by atoms with Crippen LogP contribution >= 0.6 is 0 Å². The quantitative estimate of drug-likeness (QED) is 0.904. The highest BCUT2D eigenvalue weighted by Crippen LogP contribution is 2.23. The van der Waals surface area contributed by atoms with E-state index in [1.54, 1.807) is 13.1 Å². The fourth-order valence-corrected chi connectivity index (χ4v) is 2.73. The van der Waals surface area contributed by atoms with Crippen LogP contribution in [-0.2, 0) is 9.53 Å². The summed E-state index contributed by atoms with van der Waals surface area (Å²) in [5.74, 6) is 1.36. The molecule has 1 fully saturated rings. The average molecular weight is 315 g/mol. The first kappa shape index (κ1) is 15.7. The number of aromatic nitrogens is 1. The van der Waals surface area contributed by atoms with Gasteiger partial charge in [-0.1, -0.05) is 0 Å². The molecule has 0 spiro atoms. The van der Waals surface area contributed by atoms with Crippen LogP contribution in [0.1, 0.15) is 18.7 Å². The predicted molar refractivity (Wildman–Crippen MR) is 86.8 cm³/mol. The number of nitrogens with two attached hydrogens (primary N) is 1. The highest BCUT2D eigenvalue weighted by atomic mass is 16.5. The van der Waals surface area contributed by atoms with Crippen LogP contribution in [0.3, 0.4) is 0 Å². The molecule has 1 aromatic carbocycles. The van der Waals surface area contributed by atoms with Crippen LogP contribution in [-0.4, -0.2) is 30.1 Å². The number of carbonyl (C=O) groups excluding carboxylic acids is 1. The largest absolute Gasteiger partial charge is 0.441 e. The van der Waals surface area contributed by atoms with Crippen LogP contribution in [0.5, 0.6) is 0 Å². The smallest absolute Gasteiger partial charge is 0.241 e. The molecule has 1 amide bonds. The van der Waals surface area contributed by atoms with Crippen LogP contribution < -0.4 is 11.1 Å². The van der Waals surface area contributed by atoms with Crippen molar-refractivity contribution >= 4 is 11.6 Å². The number of anilines is 1. The standard InChI is InChI=1S/C17H21N3O3/c1-11-19-10-15(23-11)12-2-4-14(5-3-12)20-17(21)16(18)13-6-8-22-9-7-13/h2-5,10,13,16H,6-9,18H2,1H3,(H,20,21). The lowest BCUT2D eigenvalue weighted by atomic mass is 9.92. The van der Waals surface area contributed by atoms with Crippen molar-refractivity contribution in [3.8, 4) is 11.3 Å². The molecule has 1 unspecified atom stereocenters. The third-order valence-electron chi connectivity index (χ3n) is 4.13. The molecule has 3 rings (SSSR count). The molecule has 1 saturated heterocycles. The Morgan fingerprint density at radius 1 is 1.30 bits per heavy atom. The van der Waals surface area contributed by atoms with Gasteiger partial charge in [0.15, 0.2) is 11.7 Å². The minimum atomic E-state index is -0.504. The fourth-order valence-electron chi connectivity index (χ4n) is 2.73. The van der Waals surface area contributed by atoms with Crippen molar-refractivity contribution < 1.29 is 13.9 Å². The van der Waals surface area contributed by atoms with Gasteiger partial charge in [0.1, 0.15) is 0 Å². The summed E-state index contributed by atoms with van der Waals surface area (Å²) in [5, 5.41) is 2.87. The molecule has 0 radical (unpaired) electrons. The van der Waals surface area contributed by atoms with E-state index in [2.05, 4.69) is 10.3 Å². The van der Waals surface area contributed by atoms with Crippen LogP contribution in [0.15, 0.2) is 34.9 Å². The van der Waals surface area contributed by atoms with Gasteiger partial charge in [-0.25, -0.2) is 4.98 Å². The summed E-state index contributed by atoms with van der Waals surface area (Å²) >= 11 is 0. The normalized spacial score (nSPS) is 17.0. The average Bonchev–Trinajstić information content (AvgIpc) is 3.02. The van der Waals surface area contributed by atoms with Crippen LogP contribution in [0.4, 0.5) is 5.69 Å². The second-order valence-corrected chi connectivity index (χ2v) is 5.79. The third-order valence-corrected chi connectivity index (χ3v) is 4.13. The minimum Gasteiger partial charge on any atom is -0.441 e. The molecule has 6 heteroatoms. The number of oxazole rings is 1. The topological polar surface area (TPSA) is 90.4 Å². The van der Waals surface area contributed by atoms with Gasteiger partial charge in [-0.05, 0) is 43.0 Å². The summed E-state index contributed by atoms with van der Waals surface area (Å²) in [6, 6.07) is 6.93. The summed E-state index contributed by atoms with van der Waals surface area (Å²) in [4.78, 5) is 16.3. The van der Waals surface area contributed by atoms with Crippen molar-refractivity contribution in [3.63, 3.8) is 0 Å². The van der Waals surface area contributed by atoms with Crippen LogP contribution in [0.25, 0.3) is 11.3 Å². The number of carbonyl (C=O) groups is 1. The van der Waals surface area contributed by atoms with E-state index in [0.717, 1.165) is 24.1 Å². The van der Waals surface area contributed by atoms with Crippen LogP contribution in [0, 0.1) is 12.8 Å². The SMILES string of the molecule is Cc1ncc(-c2ccc(NC(=O)C(N)C3CCOCC3)cc2)o1. The lowest BCUT2D eigenvalue weighted by molar-refractivity contribution is -0.119. The number of benzene rings is 1. The summed E-state index contributed by atoms with van der Waals surface area (Å²) < 4.78 is 10.8. The Bertz CT molecular complexity index is 660. The molecular formula is C17H21N3O3. The first-order chi connectivity index (χ1) is 11.1. The van der Waals surface area contributed by atoms with Crippen LogP contribution in [0.2, 0.25) is 0 Å². The number of rotatable bonds is 4. The molecule has 3 N–H and O–H groups in total. The Kier molecular flexibility index (Phi) is 4.73. The summed E-state index contributed by atoms with van der Waals surface area (Å²) in [6.45, 7) is 3.16. The second kappa shape index (κ2) is 6.93. The molecule has 1 aromatic heterocycles. The van der Waals surface area contributed by atoms with E-state index >= 15 is 0 Å². The minimum absolute atomic E-state index is 0.153. The Balaban J connectivity index is 1.62. The number of aryl methyl sites for hydroxylation is 1. The second-order valence-electron chi connectivity index (χ2n) is 5.79. The third kappa shape index (κ3) is 3.78. The van der Waals surface area contributed by atoms with Crippen molar-refractivity contribution in [2.45, 2.75) is 25.8 Å². The van der Waals surface area contributed by atoms with E-state index in [0.29, 0.717) is 24.9 Å². The summed E-state index contributed by atoms with van der Waals surface area (Å²) in [5.41, 5.74) is 7.71. The molecule has 23 heavy (non-hydrogen) atoms. The van der Waals surface area contributed by atoms with Gasteiger partial charge < -0.3 is 20.2 Å². The number of hydrogen-bond acceptors (Lipinski definition) is 5. The van der Waals surface area contributed by atoms with Gasteiger partial charge in [-0.15, -0.1) is 0 Å². The van der Waals surface area contributed by atoms with E-state index in [4.69, 9.17) is 14.9 Å². The number of ether oxygens (including phenoxy) is 1. The molecule has 122 valence electrons. The molecule has 1 aliphatic heterocycles. The molecule has 0 bridgehead atoms. The molecule has 1 aliphatic rings. The Labute approximate surface area is 135 Å². The first-order valence-corrected chi connectivity index (χ1v) is 7.80. The maximum absolute atomic E-state index is 12.3. The molecule has 0 aliphatic carbocycles. The van der Waals surface area contributed by atoms with Gasteiger partial charge in [-0.2, -0.15) is 0 Å². The molecule has 2 heterocycles. The number of hydrogen-bond donors (Lipinski definition) is 2. The zero-order valence-corrected chi connectivity index (χ0v) is 13.1. The maximum Gasteiger partial charge on any atom is 0.241 e. The highest BCUT2D eigenvalue weighted by Gasteiger charge is 2.26. The molecule has 6 nitrogen and oxygen atoms in total. The van der Waals surface area contributed by atoms with Gasteiger partial charge >= 0.3 is 0 Å². The number of amides is 1. The Morgan fingerprint density at radius 3 is 2.61 bits per heavy atom. The lowest BCUT2D eigenvalue weighted by Crippen LogP contribution is -2.43. The van der Waals surface area contributed by atoms with Gasteiger partial charge in [0.25, 0.3) is 0 Å². The maximum atomic E-state index is 12.3. The van der Waals surface area contributed by atoms with E-state index in [9.17, 15) is 4.79 Å². The highest BCUT2D eigenvalue weighted by molar-refractivity contribution is 5.95. The monoisotopic (exact) mass is 315 g/mol. The number of nitrogens with one attached hydrogen (secondary N) is 1. The van der Waals surface area contributed by atoms with E-state index < -0.39 is 6.04 Å². The lowest BCUT2D eigenvalue weighted by Gasteiger charge is -2.26. The zero-order chi connectivity index (χ0) is 16.2. The Hall–Kier alpha value is -2.18. The van der Waals surface area contributed by atoms with Gasteiger partial charge in [-0.3, -0.25) is 4.79 Å². The predicted octanol–water partition coefficient (Wildman–Crippen LogP) is 2.34. The van der Waals surface area contributed by atoms with Crippen molar-refractivity contribution in [1.82, 2.24) is 4.98 Å². The van der Waals surface area contributed by atoms with Crippen molar-refractivity contribution in [2.24, 2.45) is 11.7 Å². The fraction of sp³-hybridized carbons (Fsp3) is 0.412.